The zero-order chi connectivity index (χ0) is 34.9. The van der Waals surface area contributed by atoms with Crippen LogP contribution >= 0.6 is 11.3 Å². The third-order valence-corrected chi connectivity index (χ3v) is 9.20. The molecule has 1 aliphatic rings. The molecule has 12 nitrogen and oxygen atoms in total. The fourth-order valence-electron chi connectivity index (χ4n) is 6.05. The predicted octanol–water partition coefficient (Wildman–Crippen LogP) is 5.89. The van der Waals surface area contributed by atoms with E-state index >= 15 is 0 Å². The molecule has 5 rings (SSSR count). The van der Waals surface area contributed by atoms with Crippen molar-refractivity contribution in [2.75, 3.05) is 44.9 Å². The Balaban J connectivity index is 0.00000144. The summed E-state index contributed by atoms with van der Waals surface area (Å²) in [5.74, 6) is 1.68. The minimum atomic E-state index is -0.940. The van der Waals surface area contributed by atoms with Crippen LogP contribution in [0.2, 0.25) is 0 Å². The number of unbranched alkanes of at least 4 members (excludes halogenated alkanes) is 1. The van der Waals surface area contributed by atoms with Crippen molar-refractivity contribution in [1.29, 1.82) is 5.26 Å². The largest absolute Gasteiger partial charge is 0.400 e. The summed E-state index contributed by atoms with van der Waals surface area (Å²) < 4.78 is 8.06. The average molecular weight is 668 g/mol. The number of likely N-dealkylation sites (tertiary alicyclic amines) is 1. The Bertz CT molecular complexity index is 1630. The molecule has 4 aromatic heterocycles. The number of nitrogens with two attached hydrogens (primary N) is 1. The van der Waals surface area contributed by atoms with Gasteiger partial charge in [0, 0.05) is 37.2 Å². The Hall–Kier alpha value is -3.57. The van der Waals surface area contributed by atoms with E-state index in [2.05, 4.69) is 37.0 Å². The Morgan fingerprint density at radius 1 is 1.19 bits per heavy atom. The van der Waals surface area contributed by atoms with Crippen LogP contribution in [0.5, 0.6) is 0 Å². The van der Waals surface area contributed by atoms with Crippen molar-refractivity contribution in [3.05, 3.63) is 22.2 Å². The third-order valence-electron chi connectivity index (χ3n) is 8.12. The number of aliphatic hydroxyl groups excluding tert-OH is 1. The van der Waals surface area contributed by atoms with E-state index in [1.165, 1.54) is 17.8 Å². The molecule has 1 unspecified atom stereocenters. The Labute approximate surface area is 283 Å². The number of nitrogen functional groups attached to an aromatic ring is 1. The van der Waals surface area contributed by atoms with Crippen molar-refractivity contribution >= 4 is 33.2 Å². The number of aliphatic hydroxyl groups is 2. The van der Waals surface area contributed by atoms with Crippen LogP contribution < -0.4 is 10.6 Å². The molecule has 47 heavy (non-hydrogen) atoms. The van der Waals surface area contributed by atoms with Crippen molar-refractivity contribution in [2.24, 2.45) is 0 Å². The summed E-state index contributed by atoms with van der Waals surface area (Å²) in [7, 11) is 5.07. The van der Waals surface area contributed by atoms with Gasteiger partial charge in [-0.3, -0.25) is 0 Å². The fourth-order valence-corrected chi connectivity index (χ4v) is 7.17. The van der Waals surface area contributed by atoms with E-state index in [9.17, 15) is 10.4 Å². The van der Waals surface area contributed by atoms with Gasteiger partial charge in [0.15, 0.2) is 22.9 Å². The molecular weight excluding hydrogens is 615 g/mol. The van der Waals surface area contributed by atoms with E-state index in [4.69, 9.17) is 30.4 Å². The predicted molar refractivity (Wildman–Crippen MR) is 191 cm³/mol. The number of aromatic nitrogens is 5. The summed E-state index contributed by atoms with van der Waals surface area (Å²) >= 11 is 1.44. The Morgan fingerprint density at radius 3 is 2.51 bits per heavy atom. The lowest BCUT2D eigenvalue weighted by Gasteiger charge is -2.27. The van der Waals surface area contributed by atoms with Gasteiger partial charge in [0.05, 0.1) is 34.9 Å². The molecule has 0 bridgehead atoms. The molecule has 1 aliphatic heterocycles. The highest BCUT2D eigenvalue weighted by atomic mass is 32.1. The van der Waals surface area contributed by atoms with Gasteiger partial charge in [-0.05, 0) is 59.5 Å². The average Bonchev–Trinajstić information content (AvgIpc) is 3.83. The van der Waals surface area contributed by atoms with E-state index in [1.54, 1.807) is 13.8 Å². The number of rotatable bonds is 12. The standard InChI is InChI=1S/C31H43N9O2S.C2H6.CH4O/c1-7-9-13-20-25(37-42-26(20)24-21(15-32)27(33)43-23(24)11-8-2)28-35-29(39(6)18-31(3,4)41)22-16-34-40(30(22)36-28)17-19-12-10-14-38(19)5;2*1-2/h16,19,41H,7-14,17-18,33H2,1-6H3;1-2H3;2H,1H3. The first-order chi connectivity index (χ1) is 22.6. The van der Waals surface area contributed by atoms with Crippen molar-refractivity contribution in [1.82, 2.24) is 29.8 Å². The molecule has 0 amide bonds. The number of hydrogen-bond acceptors (Lipinski definition) is 12. The molecule has 0 aliphatic carbocycles. The molecule has 1 fully saturated rings. The minimum Gasteiger partial charge on any atom is -0.400 e. The molecule has 4 aromatic rings. The normalized spacial score (nSPS) is 14.8. The number of nitrogens with zero attached hydrogens (tertiary/aromatic N) is 8. The maximum absolute atomic E-state index is 10.6. The van der Waals surface area contributed by atoms with Crippen molar-refractivity contribution in [3.8, 4) is 28.9 Å². The Kier molecular flexibility index (Phi) is 13.7. The topological polar surface area (TPSA) is 166 Å². The zero-order valence-corrected chi connectivity index (χ0v) is 30.4. The van der Waals surface area contributed by atoms with Gasteiger partial charge in [0.2, 0.25) is 0 Å². The van der Waals surface area contributed by atoms with Gasteiger partial charge in [-0.2, -0.15) is 10.4 Å². The van der Waals surface area contributed by atoms with Crippen LogP contribution in [0.25, 0.3) is 33.9 Å². The molecular formula is C34H53N9O3S. The number of nitriles is 1. The second kappa shape index (κ2) is 17.0. The number of likely N-dealkylation sites (N-methyl/N-ethyl adjacent to an activating group) is 2. The second-order valence-corrected chi connectivity index (χ2v) is 13.5. The van der Waals surface area contributed by atoms with E-state index in [0.29, 0.717) is 52.7 Å². The van der Waals surface area contributed by atoms with Crippen LogP contribution in [0.1, 0.15) is 89.7 Å². The van der Waals surface area contributed by atoms with Crippen LogP contribution in [0.4, 0.5) is 10.8 Å². The number of anilines is 2. The third kappa shape index (κ3) is 8.48. The molecule has 1 saturated heterocycles. The maximum atomic E-state index is 10.6. The lowest BCUT2D eigenvalue weighted by Crippen LogP contribution is -2.36. The summed E-state index contributed by atoms with van der Waals surface area (Å²) in [4.78, 5) is 15.4. The van der Waals surface area contributed by atoms with E-state index in [0.717, 1.165) is 79.3 Å². The highest BCUT2D eigenvalue weighted by Crippen LogP contribution is 2.43. The summed E-state index contributed by atoms with van der Waals surface area (Å²) in [5.41, 5.74) is 8.71. The first kappa shape index (κ1) is 37.9. The molecule has 0 aromatic carbocycles. The second-order valence-electron chi connectivity index (χ2n) is 12.3. The molecule has 0 spiro atoms. The lowest BCUT2D eigenvalue weighted by atomic mass is 9.98. The fraction of sp³-hybridized carbons (Fsp3) is 0.618. The summed E-state index contributed by atoms with van der Waals surface area (Å²) in [5, 5.41) is 38.3. The van der Waals surface area contributed by atoms with Gasteiger partial charge in [0.25, 0.3) is 0 Å². The minimum absolute atomic E-state index is 0.363. The number of hydrogen-bond donors (Lipinski definition) is 3. The van der Waals surface area contributed by atoms with Gasteiger partial charge in [0.1, 0.15) is 16.9 Å². The van der Waals surface area contributed by atoms with Gasteiger partial charge in [-0.25, -0.2) is 14.6 Å². The summed E-state index contributed by atoms with van der Waals surface area (Å²) in [6.45, 7) is 14.0. The van der Waals surface area contributed by atoms with Gasteiger partial charge in [-0.1, -0.05) is 45.7 Å². The van der Waals surface area contributed by atoms with Gasteiger partial charge < -0.3 is 30.3 Å². The Morgan fingerprint density at radius 2 is 1.91 bits per heavy atom. The van der Waals surface area contributed by atoms with Crippen LogP contribution in [0.15, 0.2) is 10.7 Å². The van der Waals surface area contributed by atoms with Gasteiger partial charge >= 0.3 is 0 Å². The number of fused-ring (bicyclic) bond motifs is 1. The monoisotopic (exact) mass is 667 g/mol. The van der Waals surface area contributed by atoms with Gasteiger partial charge in [-0.15, -0.1) is 11.3 Å². The van der Waals surface area contributed by atoms with Crippen LogP contribution in [-0.2, 0) is 19.4 Å². The lowest BCUT2D eigenvalue weighted by molar-refractivity contribution is 0.0885. The molecule has 5 heterocycles. The molecule has 1 atom stereocenters. The molecule has 13 heteroatoms. The summed E-state index contributed by atoms with van der Waals surface area (Å²) in [6.07, 6.45) is 8.38. The van der Waals surface area contributed by atoms with E-state index < -0.39 is 5.60 Å². The molecule has 0 saturated carbocycles. The number of thiophene rings is 1. The molecule has 258 valence electrons. The smallest absolute Gasteiger partial charge is 0.186 e. The van der Waals surface area contributed by atoms with Crippen molar-refractivity contribution in [2.45, 2.75) is 105 Å². The van der Waals surface area contributed by atoms with Crippen LogP contribution in [0, 0.1) is 11.3 Å². The first-order valence-corrected chi connectivity index (χ1v) is 17.5. The molecule has 4 N–H and O–H groups in total. The van der Waals surface area contributed by atoms with E-state index in [1.807, 2.05) is 36.7 Å². The first-order valence-electron chi connectivity index (χ1n) is 16.7. The van der Waals surface area contributed by atoms with E-state index in [-0.39, 0.29) is 0 Å². The summed E-state index contributed by atoms with van der Waals surface area (Å²) in [6, 6.07) is 2.68. The zero-order valence-electron chi connectivity index (χ0n) is 29.6. The van der Waals surface area contributed by atoms with Crippen molar-refractivity contribution < 1.29 is 14.7 Å². The number of aryl methyl sites for hydroxylation is 1. The maximum Gasteiger partial charge on any atom is 0.186 e. The molecule has 0 radical (unpaired) electrons. The van der Waals surface area contributed by atoms with Crippen LogP contribution in [-0.4, -0.2) is 86.0 Å². The van der Waals surface area contributed by atoms with Crippen molar-refractivity contribution in [3.63, 3.8) is 0 Å². The SMILES string of the molecule is CC.CCCCc1c(-c2nc(N(C)CC(C)(C)O)c3cnn(CC4CCCN4C)c3n2)noc1-c1c(CCC)sc(N)c1C#N.CO. The van der Waals surface area contributed by atoms with Crippen LogP contribution in [0.3, 0.4) is 0 Å². The highest BCUT2D eigenvalue weighted by molar-refractivity contribution is 7.16. The highest BCUT2D eigenvalue weighted by Gasteiger charge is 2.30. The quantitative estimate of drug-likeness (QED) is 0.165.